The van der Waals surface area contributed by atoms with Gasteiger partial charge in [-0.2, -0.15) is 0 Å². The summed E-state index contributed by atoms with van der Waals surface area (Å²) in [5.41, 5.74) is 0.173. The Hall–Kier alpha value is -2.02. The number of halogens is 2. The van der Waals surface area contributed by atoms with Crippen LogP contribution >= 0.6 is 0 Å². The number of benzene rings is 1. The van der Waals surface area contributed by atoms with E-state index in [-0.39, 0.29) is 23.8 Å². The molecule has 5 nitrogen and oxygen atoms in total. The van der Waals surface area contributed by atoms with Gasteiger partial charge >= 0.3 is 0 Å². The number of aliphatic hydroxyl groups excluding tert-OH is 1. The van der Waals surface area contributed by atoms with Crippen LogP contribution in [0.1, 0.15) is 25.0 Å². The molecule has 7 heteroatoms. The average Bonchev–Trinajstić information content (AvgIpc) is 2.81. The van der Waals surface area contributed by atoms with E-state index in [1.165, 1.54) is 11.0 Å². The fourth-order valence-electron chi connectivity index (χ4n) is 2.45. The quantitative estimate of drug-likeness (QED) is 0.871. The molecule has 0 radical (unpaired) electrons. The van der Waals surface area contributed by atoms with E-state index in [2.05, 4.69) is 5.32 Å². The number of likely N-dealkylation sites (tertiary alicyclic amines) is 1. The largest absolute Gasteiger partial charge is 0.386 e. The summed E-state index contributed by atoms with van der Waals surface area (Å²) in [7, 11) is 1.62. The number of hydrogen-bond acceptors (Lipinski definition) is 3. The molecule has 1 heterocycles. The van der Waals surface area contributed by atoms with Gasteiger partial charge in [-0.15, -0.1) is 0 Å². The summed E-state index contributed by atoms with van der Waals surface area (Å²) in [6.45, 7) is 1.89. The lowest BCUT2D eigenvalue weighted by atomic mass is 10.0. The maximum absolute atomic E-state index is 13.2. The van der Waals surface area contributed by atoms with Gasteiger partial charge in [0, 0.05) is 20.0 Å². The summed E-state index contributed by atoms with van der Waals surface area (Å²) in [5, 5.41) is 12.7. The molecule has 0 aliphatic carbocycles. The van der Waals surface area contributed by atoms with Gasteiger partial charge in [0.1, 0.15) is 0 Å². The van der Waals surface area contributed by atoms with Crippen LogP contribution in [0.15, 0.2) is 18.2 Å². The monoisotopic (exact) mass is 312 g/mol. The number of carbonyl (C=O) groups is 2. The third-order valence-electron chi connectivity index (χ3n) is 3.84. The molecule has 3 atom stereocenters. The first-order chi connectivity index (χ1) is 10.3. The van der Waals surface area contributed by atoms with Gasteiger partial charge in [0.2, 0.25) is 11.8 Å². The highest BCUT2D eigenvalue weighted by Gasteiger charge is 2.33. The molecule has 0 saturated carbocycles. The van der Waals surface area contributed by atoms with Crippen LogP contribution in [-0.4, -0.2) is 41.5 Å². The average molecular weight is 312 g/mol. The van der Waals surface area contributed by atoms with Crippen molar-refractivity contribution in [3.8, 4) is 0 Å². The molecular weight excluding hydrogens is 294 g/mol. The summed E-state index contributed by atoms with van der Waals surface area (Å²) in [4.78, 5) is 25.0. The van der Waals surface area contributed by atoms with Crippen molar-refractivity contribution in [2.45, 2.75) is 25.5 Å². The van der Waals surface area contributed by atoms with Gasteiger partial charge in [0.05, 0.1) is 18.1 Å². The lowest BCUT2D eigenvalue weighted by Gasteiger charge is -2.22. The Bertz CT molecular complexity index is 594. The number of aliphatic hydroxyl groups is 1. The molecule has 1 aliphatic heterocycles. The van der Waals surface area contributed by atoms with Crippen molar-refractivity contribution in [2.24, 2.45) is 5.92 Å². The van der Waals surface area contributed by atoms with Gasteiger partial charge < -0.3 is 15.3 Å². The number of nitrogens with zero attached hydrogens (tertiary/aromatic N) is 1. The molecular formula is C15H18F2N2O3. The van der Waals surface area contributed by atoms with Gasteiger partial charge in [-0.25, -0.2) is 8.78 Å². The third kappa shape index (κ3) is 3.41. The molecule has 1 fully saturated rings. The van der Waals surface area contributed by atoms with Crippen LogP contribution in [0.2, 0.25) is 0 Å². The molecule has 3 unspecified atom stereocenters. The standard InChI is InChI=1S/C15H18F2N2O3/c1-8(14(21)9-3-4-11(16)12(17)5-9)18-15(22)10-6-13(20)19(2)7-10/h3-5,8,10,14,21H,6-7H2,1-2H3,(H,18,22). The number of carbonyl (C=O) groups excluding carboxylic acids is 2. The minimum Gasteiger partial charge on any atom is -0.386 e. The highest BCUT2D eigenvalue weighted by molar-refractivity contribution is 5.89. The summed E-state index contributed by atoms with van der Waals surface area (Å²) in [5.74, 6) is -2.96. The summed E-state index contributed by atoms with van der Waals surface area (Å²) in [6, 6.07) is 2.39. The fraction of sp³-hybridized carbons (Fsp3) is 0.467. The van der Waals surface area contributed by atoms with Crippen LogP contribution in [0.4, 0.5) is 8.78 Å². The van der Waals surface area contributed by atoms with Crippen LogP contribution in [0, 0.1) is 17.6 Å². The number of amides is 2. The van der Waals surface area contributed by atoms with E-state index >= 15 is 0 Å². The minimum absolute atomic E-state index is 0.103. The topological polar surface area (TPSA) is 69.6 Å². The Kier molecular flexibility index (Phi) is 4.75. The highest BCUT2D eigenvalue weighted by atomic mass is 19.2. The van der Waals surface area contributed by atoms with Gasteiger partial charge in [-0.05, 0) is 24.6 Å². The second-order valence-corrected chi connectivity index (χ2v) is 5.59. The first-order valence-corrected chi connectivity index (χ1v) is 6.97. The van der Waals surface area contributed by atoms with Crippen molar-refractivity contribution in [3.05, 3.63) is 35.4 Å². The van der Waals surface area contributed by atoms with E-state index < -0.39 is 29.7 Å². The minimum atomic E-state index is -1.17. The molecule has 2 amide bonds. The van der Waals surface area contributed by atoms with Crippen molar-refractivity contribution in [1.29, 1.82) is 0 Å². The van der Waals surface area contributed by atoms with Crippen molar-refractivity contribution < 1.29 is 23.5 Å². The van der Waals surface area contributed by atoms with E-state index in [4.69, 9.17) is 0 Å². The Morgan fingerprint density at radius 3 is 2.64 bits per heavy atom. The van der Waals surface area contributed by atoms with Crippen molar-refractivity contribution >= 4 is 11.8 Å². The molecule has 2 rings (SSSR count). The van der Waals surface area contributed by atoms with E-state index in [9.17, 15) is 23.5 Å². The summed E-state index contributed by atoms with van der Waals surface area (Å²) < 4.78 is 26.1. The molecule has 1 aromatic carbocycles. The molecule has 120 valence electrons. The van der Waals surface area contributed by atoms with Gasteiger partial charge in [0.25, 0.3) is 0 Å². The second kappa shape index (κ2) is 6.39. The Balaban J connectivity index is 1.99. The Morgan fingerprint density at radius 2 is 2.09 bits per heavy atom. The predicted molar refractivity (Wildman–Crippen MR) is 74.7 cm³/mol. The van der Waals surface area contributed by atoms with E-state index in [0.29, 0.717) is 6.54 Å². The zero-order valence-electron chi connectivity index (χ0n) is 12.3. The maximum Gasteiger partial charge on any atom is 0.225 e. The molecule has 1 aromatic rings. The molecule has 0 aromatic heterocycles. The zero-order valence-corrected chi connectivity index (χ0v) is 12.3. The molecule has 1 aliphatic rings. The SMILES string of the molecule is CC(NC(=O)C1CC(=O)N(C)C1)C(O)c1ccc(F)c(F)c1. The summed E-state index contributed by atoms with van der Waals surface area (Å²) >= 11 is 0. The molecule has 1 saturated heterocycles. The van der Waals surface area contributed by atoms with E-state index in [0.717, 1.165) is 12.1 Å². The van der Waals surface area contributed by atoms with Gasteiger partial charge in [-0.1, -0.05) is 6.07 Å². The van der Waals surface area contributed by atoms with Crippen molar-refractivity contribution in [1.82, 2.24) is 10.2 Å². The van der Waals surface area contributed by atoms with E-state index in [1.54, 1.807) is 14.0 Å². The van der Waals surface area contributed by atoms with Crippen molar-refractivity contribution in [2.75, 3.05) is 13.6 Å². The van der Waals surface area contributed by atoms with E-state index in [1.807, 2.05) is 0 Å². The van der Waals surface area contributed by atoms with Gasteiger partial charge in [0.15, 0.2) is 11.6 Å². The zero-order chi connectivity index (χ0) is 16.4. The Labute approximate surface area is 126 Å². The fourth-order valence-corrected chi connectivity index (χ4v) is 2.45. The number of nitrogens with one attached hydrogen (secondary N) is 1. The smallest absolute Gasteiger partial charge is 0.225 e. The Morgan fingerprint density at radius 1 is 1.41 bits per heavy atom. The third-order valence-corrected chi connectivity index (χ3v) is 3.84. The molecule has 0 spiro atoms. The first-order valence-electron chi connectivity index (χ1n) is 6.97. The number of hydrogen-bond donors (Lipinski definition) is 2. The predicted octanol–water partition coefficient (Wildman–Crippen LogP) is 0.981. The van der Waals surface area contributed by atoms with Crippen LogP contribution in [0.5, 0.6) is 0 Å². The van der Waals surface area contributed by atoms with Gasteiger partial charge in [-0.3, -0.25) is 9.59 Å². The summed E-state index contributed by atoms with van der Waals surface area (Å²) in [6.07, 6.45) is -1.04. The van der Waals surface area contributed by atoms with Crippen LogP contribution in [-0.2, 0) is 9.59 Å². The lowest BCUT2D eigenvalue weighted by Crippen LogP contribution is -2.41. The normalized spacial score (nSPS) is 20.9. The molecule has 22 heavy (non-hydrogen) atoms. The second-order valence-electron chi connectivity index (χ2n) is 5.59. The maximum atomic E-state index is 13.2. The number of rotatable bonds is 4. The first kappa shape index (κ1) is 16.4. The highest BCUT2D eigenvalue weighted by Crippen LogP contribution is 2.21. The van der Waals surface area contributed by atoms with Crippen LogP contribution in [0.3, 0.4) is 0 Å². The lowest BCUT2D eigenvalue weighted by molar-refractivity contribution is -0.128. The molecule has 0 bridgehead atoms. The molecule has 2 N–H and O–H groups in total. The van der Waals surface area contributed by atoms with Crippen LogP contribution < -0.4 is 5.32 Å². The van der Waals surface area contributed by atoms with Crippen LogP contribution in [0.25, 0.3) is 0 Å². The van der Waals surface area contributed by atoms with Crippen molar-refractivity contribution in [3.63, 3.8) is 0 Å².